The molecule has 0 aliphatic carbocycles. The Morgan fingerprint density at radius 2 is 1.62 bits per heavy atom. The van der Waals surface area contributed by atoms with Gasteiger partial charge in [-0.15, -0.1) is 0 Å². The standard InChI is InChI=1S/C35H38N6O6S/c1-38(35(44)36-20-25-13-17-29(47-2)18-14-25)40-23-33(42)41-31(19-24-11-15-28(16-12-24)37-48(3,45)46)34(43)39(22-32(40)41)21-27-9-6-8-26-7-4-5-10-30(26)27/h4-18,31-32,37H,19-23H2,1-3H3,(H,36,44)/t31-,32+/m0/s1. The highest BCUT2D eigenvalue weighted by molar-refractivity contribution is 7.92. The minimum absolute atomic E-state index is 0.0692. The van der Waals surface area contributed by atoms with E-state index in [0.29, 0.717) is 18.0 Å². The lowest BCUT2D eigenvalue weighted by Crippen LogP contribution is -2.65. The zero-order chi connectivity index (χ0) is 34.0. The number of hydrogen-bond acceptors (Lipinski definition) is 7. The summed E-state index contributed by atoms with van der Waals surface area (Å²) < 4.78 is 31.1. The minimum atomic E-state index is -3.45. The van der Waals surface area contributed by atoms with Crippen LogP contribution in [0.15, 0.2) is 91.0 Å². The molecule has 4 aromatic carbocycles. The topological polar surface area (TPSA) is 132 Å². The largest absolute Gasteiger partial charge is 0.497 e. The molecule has 0 radical (unpaired) electrons. The summed E-state index contributed by atoms with van der Waals surface area (Å²) in [5, 5.41) is 8.15. The molecule has 2 heterocycles. The van der Waals surface area contributed by atoms with E-state index in [1.54, 1.807) is 53.2 Å². The Balaban J connectivity index is 1.26. The fourth-order valence-electron chi connectivity index (χ4n) is 6.38. The van der Waals surface area contributed by atoms with Crippen LogP contribution in [-0.4, -0.2) is 91.8 Å². The van der Waals surface area contributed by atoms with Crippen molar-refractivity contribution in [3.05, 3.63) is 108 Å². The van der Waals surface area contributed by atoms with Crippen LogP contribution in [0.1, 0.15) is 16.7 Å². The molecule has 2 saturated heterocycles. The third-order valence-electron chi connectivity index (χ3n) is 8.78. The van der Waals surface area contributed by atoms with E-state index < -0.39 is 22.2 Å². The molecule has 4 aromatic rings. The van der Waals surface area contributed by atoms with E-state index in [9.17, 15) is 22.8 Å². The number of urea groups is 1. The molecule has 0 spiro atoms. The Kier molecular flexibility index (Phi) is 9.24. The van der Waals surface area contributed by atoms with Gasteiger partial charge in [-0.05, 0) is 51.7 Å². The molecular formula is C35H38N6O6S. The molecule has 0 aromatic heterocycles. The van der Waals surface area contributed by atoms with Crippen LogP contribution in [-0.2, 0) is 39.1 Å². The Hall–Kier alpha value is -5.14. The number of sulfonamides is 1. The number of nitrogens with one attached hydrogen (secondary N) is 2. The number of ether oxygens (including phenoxy) is 1. The van der Waals surface area contributed by atoms with Crippen LogP contribution in [0.3, 0.4) is 0 Å². The number of nitrogens with zero attached hydrogens (tertiary/aromatic N) is 4. The molecule has 6 rings (SSSR count). The van der Waals surface area contributed by atoms with Crippen LogP contribution in [0, 0.1) is 0 Å². The molecule has 0 unspecified atom stereocenters. The lowest BCUT2D eigenvalue weighted by atomic mass is 9.99. The van der Waals surface area contributed by atoms with Crippen molar-refractivity contribution in [2.24, 2.45) is 0 Å². The van der Waals surface area contributed by atoms with Gasteiger partial charge in [0.25, 0.3) is 0 Å². The highest BCUT2D eigenvalue weighted by Crippen LogP contribution is 2.31. The van der Waals surface area contributed by atoms with Gasteiger partial charge in [0.15, 0.2) is 0 Å². The van der Waals surface area contributed by atoms with Crippen molar-refractivity contribution in [2.45, 2.75) is 31.7 Å². The molecule has 250 valence electrons. The number of fused-ring (bicyclic) bond motifs is 2. The first-order valence-corrected chi connectivity index (χ1v) is 17.4. The average molecular weight is 671 g/mol. The molecule has 0 saturated carbocycles. The van der Waals surface area contributed by atoms with E-state index >= 15 is 0 Å². The second-order valence-electron chi connectivity index (χ2n) is 12.1. The van der Waals surface area contributed by atoms with Gasteiger partial charge < -0.3 is 19.9 Å². The summed E-state index contributed by atoms with van der Waals surface area (Å²) in [5.74, 6) is 0.265. The second-order valence-corrected chi connectivity index (χ2v) is 13.8. The van der Waals surface area contributed by atoms with Gasteiger partial charge in [-0.25, -0.2) is 13.2 Å². The van der Waals surface area contributed by atoms with Crippen LogP contribution < -0.4 is 14.8 Å². The first kappa shape index (κ1) is 32.8. The van der Waals surface area contributed by atoms with E-state index in [-0.39, 0.29) is 43.9 Å². The molecule has 13 heteroatoms. The van der Waals surface area contributed by atoms with Crippen LogP contribution in [0.25, 0.3) is 10.8 Å². The number of methoxy groups -OCH3 is 1. The van der Waals surface area contributed by atoms with Gasteiger partial charge in [0.05, 0.1) is 26.5 Å². The fraction of sp³-hybridized carbons (Fsp3) is 0.286. The Morgan fingerprint density at radius 1 is 0.938 bits per heavy atom. The predicted molar refractivity (Wildman–Crippen MR) is 182 cm³/mol. The van der Waals surface area contributed by atoms with E-state index in [1.807, 2.05) is 66.7 Å². The second kappa shape index (κ2) is 13.5. The number of piperazine rings is 1. The van der Waals surface area contributed by atoms with Gasteiger partial charge in [0.2, 0.25) is 21.8 Å². The van der Waals surface area contributed by atoms with Crippen LogP contribution in [0.4, 0.5) is 10.5 Å². The molecular weight excluding hydrogens is 632 g/mol. The molecule has 12 nitrogen and oxygen atoms in total. The van der Waals surface area contributed by atoms with Crippen molar-refractivity contribution >= 4 is 44.3 Å². The third kappa shape index (κ3) is 7.06. The van der Waals surface area contributed by atoms with Crippen LogP contribution in [0.5, 0.6) is 5.75 Å². The number of hydrogen-bond donors (Lipinski definition) is 2. The molecule has 0 bridgehead atoms. The van der Waals surface area contributed by atoms with E-state index in [1.165, 1.54) is 5.01 Å². The summed E-state index contributed by atoms with van der Waals surface area (Å²) >= 11 is 0. The maximum atomic E-state index is 14.2. The molecule has 48 heavy (non-hydrogen) atoms. The maximum absolute atomic E-state index is 14.2. The number of carbonyl (C=O) groups is 3. The summed E-state index contributed by atoms with van der Waals surface area (Å²) in [5.41, 5.74) is 3.03. The lowest BCUT2D eigenvalue weighted by molar-refractivity contribution is -0.157. The molecule has 2 atom stereocenters. The number of amides is 4. The van der Waals surface area contributed by atoms with Crippen LogP contribution >= 0.6 is 0 Å². The van der Waals surface area contributed by atoms with Gasteiger partial charge in [0, 0.05) is 32.2 Å². The first-order chi connectivity index (χ1) is 23.0. The summed E-state index contributed by atoms with van der Waals surface area (Å²) in [6.07, 6.45) is 0.707. The zero-order valence-electron chi connectivity index (χ0n) is 27.0. The SMILES string of the molecule is COc1ccc(CNC(=O)N(C)N2CC(=O)N3[C@@H](Cc4ccc(NS(C)(=O)=O)cc4)C(=O)N(Cc4cccc5ccccc45)C[C@@H]32)cc1. The molecule has 2 fully saturated rings. The number of benzene rings is 4. The van der Waals surface area contributed by atoms with Gasteiger partial charge in [-0.1, -0.05) is 66.7 Å². The maximum Gasteiger partial charge on any atom is 0.332 e. The number of hydrazine groups is 1. The smallest absolute Gasteiger partial charge is 0.332 e. The molecule has 4 amide bonds. The quantitative estimate of drug-likeness (QED) is 0.265. The summed E-state index contributed by atoms with van der Waals surface area (Å²) in [6, 6.07) is 26.9. The molecule has 2 N–H and O–H groups in total. The van der Waals surface area contributed by atoms with Crippen molar-refractivity contribution < 1.29 is 27.5 Å². The van der Waals surface area contributed by atoms with Crippen molar-refractivity contribution in [3.63, 3.8) is 0 Å². The summed E-state index contributed by atoms with van der Waals surface area (Å²) in [4.78, 5) is 44.6. The van der Waals surface area contributed by atoms with Crippen molar-refractivity contribution in [1.82, 2.24) is 25.1 Å². The van der Waals surface area contributed by atoms with Crippen molar-refractivity contribution in [3.8, 4) is 5.75 Å². The Labute approximate surface area is 279 Å². The minimum Gasteiger partial charge on any atom is -0.497 e. The first-order valence-electron chi connectivity index (χ1n) is 15.5. The van der Waals surface area contributed by atoms with E-state index in [0.717, 1.165) is 33.7 Å². The predicted octanol–water partition coefficient (Wildman–Crippen LogP) is 3.40. The third-order valence-corrected chi connectivity index (χ3v) is 9.38. The summed E-state index contributed by atoms with van der Waals surface area (Å²) in [7, 11) is -0.243. The fourth-order valence-corrected chi connectivity index (χ4v) is 6.95. The number of carbonyl (C=O) groups excluding carboxylic acids is 3. The van der Waals surface area contributed by atoms with E-state index in [2.05, 4.69) is 10.0 Å². The average Bonchev–Trinajstić information content (AvgIpc) is 3.40. The normalized spacial score (nSPS) is 18.1. The van der Waals surface area contributed by atoms with Gasteiger partial charge >= 0.3 is 6.03 Å². The van der Waals surface area contributed by atoms with Crippen LogP contribution in [0.2, 0.25) is 0 Å². The monoisotopic (exact) mass is 670 g/mol. The molecule has 2 aliphatic rings. The zero-order valence-corrected chi connectivity index (χ0v) is 27.8. The van der Waals surface area contributed by atoms with Gasteiger partial charge in [-0.3, -0.25) is 19.3 Å². The van der Waals surface area contributed by atoms with E-state index in [4.69, 9.17) is 4.74 Å². The Bertz CT molecular complexity index is 1930. The molecule has 2 aliphatic heterocycles. The van der Waals surface area contributed by atoms with Gasteiger partial charge in [0.1, 0.15) is 18.0 Å². The lowest BCUT2D eigenvalue weighted by Gasteiger charge is -2.46. The number of rotatable bonds is 10. The highest BCUT2D eigenvalue weighted by Gasteiger charge is 2.51. The summed E-state index contributed by atoms with van der Waals surface area (Å²) in [6.45, 7) is 0.743. The highest BCUT2D eigenvalue weighted by atomic mass is 32.2. The van der Waals surface area contributed by atoms with Crippen molar-refractivity contribution in [1.29, 1.82) is 0 Å². The van der Waals surface area contributed by atoms with Gasteiger partial charge in [-0.2, -0.15) is 5.01 Å². The number of anilines is 1. The van der Waals surface area contributed by atoms with Crippen molar-refractivity contribution in [2.75, 3.05) is 38.2 Å². The Morgan fingerprint density at radius 3 is 2.33 bits per heavy atom.